The number of piperazine rings is 1. The van der Waals surface area contributed by atoms with E-state index in [1.165, 1.54) is 0 Å². The van der Waals surface area contributed by atoms with Gasteiger partial charge in [-0.1, -0.05) is 66.2 Å². The number of nitrogens with zero attached hydrogens (tertiary/aromatic N) is 4. The molecule has 2 aromatic carbocycles. The minimum absolute atomic E-state index is 0.0353. The molecular formula is C26H28ClN5O2. The van der Waals surface area contributed by atoms with E-state index in [-0.39, 0.29) is 11.8 Å². The summed E-state index contributed by atoms with van der Waals surface area (Å²) < 4.78 is 1.77. The van der Waals surface area contributed by atoms with E-state index >= 15 is 0 Å². The SMILES string of the molecule is C=CCNC(=O)CN1CCN(C(=O)c2cn(Cc3ccccc3Cl)nc2-c2ccccc2)CC1. The maximum Gasteiger partial charge on any atom is 0.257 e. The number of hydrogen-bond acceptors (Lipinski definition) is 4. The molecule has 0 unspecified atom stereocenters. The monoisotopic (exact) mass is 477 g/mol. The Balaban J connectivity index is 1.50. The molecule has 34 heavy (non-hydrogen) atoms. The summed E-state index contributed by atoms with van der Waals surface area (Å²) in [6, 6.07) is 17.4. The highest BCUT2D eigenvalue weighted by Gasteiger charge is 2.27. The molecule has 1 fully saturated rings. The fourth-order valence-electron chi connectivity index (χ4n) is 3.99. The van der Waals surface area contributed by atoms with Crippen molar-refractivity contribution in [3.63, 3.8) is 0 Å². The van der Waals surface area contributed by atoms with Crippen LogP contribution in [0.3, 0.4) is 0 Å². The van der Waals surface area contributed by atoms with Gasteiger partial charge in [0.1, 0.15) is 5.69 Å². The van der Waals surface area contributed by atoms with Crippen LogP contribution in [-0.2, 0) is 11.3 Å². The van der Waals surface area contributed by atoms with Crippen LogP contribution in [0.25, 0.3) is 11.3 Å². The molecule has 2 amide bonds. The highest BCUT2D eigenvalue weighted by atomic mass is 35.5. The molecule has 0 aliphatic carbocycles. The summed E-state index contributed by atoms with van der Waals surface area (Å²) in [5, 5.41) is 8.21. The van der Waals surface area contributed by atoms with E-state index in [0.29, 0.717) is 62.1 Å². The van der Waals surface area contributed by atoms with Crippen molar-refractivity contribution in [1.82, 2.24) is 24.9 Å². The lowest BCUT2D eigenvalue weighted by Gasteiger charge is -2.34. The maximum atomic E-state index is 13.5. The molecular weight excluding hydrogens is 450 g/mol. The van der Waals surface area contributed by atoms with Crippen molar-refractivity contribution in [2.75, 3.05) is 39.3 Å². The quantitative estimate of drug-likeness (QED) is 0.505. The first-order valence-corrected chi connectivity index (χ1v) is 11.7. The normalized spacial score (nSPS) is 14.1. The number of aromatic nitrogens is 2. The molecule has 8 heteroatoms. The molecule has 0 bridgehead atoms. The first-order chi connectivity index (χ1) is 16.5. The summed E-state index contributed by atoms with van der Waals surface area (Å²) in [5.74, 6) is -0.0908. The molecule has 0 saturated carbocycles. The molecule has 1 N–H and O–H groups in total. The Labute approximate surface area is 204 Å². The number of halogens is 1. The van der Waals surface area contributed by atoms with Gasteiger partial charge in [0.2, 0.25) is 5.91 Å². The Morgan fingerprint density at radius 1 is 1.03 bits per heavy atom. The summed E-state index contributed by atoms with van der Waals surface area (Å²) in [5.41, 5.74) is 3.05. The van der Waals surface area contributed by atoms with Crippen molar-refractivity contribution < 1.29 is 9.59 Å². The first kappa shape index (κ1) is 23.7. The second-order valence-electron chi connectivity index (χ2n) is 8.21. The summed E-state index contributed by atoms with van der Waals surface area (Å²) in [7, 11) is 0. The van der Waals surface area contributed by atoms with Crippen LogP contribution in [0.15, 0.2) is 73.4 Å². The molecule has 1 aromatic heterocycles. The van der Waals surface area contributed by atoms with Crippen molar-refractivity contribution in [2.45, 2.75) is 6.54 Å². The highest BCUT2D eigenvalue weighted by molar-refractivity contribution is 6.31. The van der Waals surface area contributed by atoms with Gasteiger partial charge < -0.3 is 10.2 Å². The maximum absolute atomic E-state index is 13.5. The minimum atomic E-state index is -0.0555. The third-order valence-corrected chi connectivity index (χ3v) is 6.17. The van der Waals surface area contributed by atoms with Crippen molar-refractivity contribution in [3.05, 3.63) is 89.6 Å². The van der Waals surface area contributed by atoms with Gasteiger partial charge in [-0.15, -0.1) is 6.58 Å². The molecule has 4 rings (SSSR count). The predicted octanol–water partition coefficient (Wildman–Crippen LogP) is 3.31. The molecule has 0 radical (unpaired) electrons. The third kappa shape index (κ3) is 5.73. The van der Waals surface area contributed by atoms with Crippen molar-refractivity contribution in [3.8, 4) is 11.3 Å². The molecule has 7 nitrogen and oxygen atoms in total. The van der Waals surface area contributed by atoms with Crippen LogP contribution in [0, 0.1) is 0 Å². The van der Waals surface area contributed by atoms with E-state index in [0.717, 1.165) is 11.1 Å². The van der Waals surface area contributed by atoms with Crippen LogP contribution < -0.4 is 5.32 Å². The molecule has 1 saturated heterocycles. The summed E-state index contributed by atoms with van der Waals surface area (Å²) in [6.45, 7) is 7.25. The van der Waals surface area contributed by atoms with Crippen LogP contribution in [0.1, 0.15) is 15.9 Å². The zero-order valence-electron chi connectivity index (χ0n) is 19.0. The fourth-order valence-corrected chi connectivity index (χ4v) is 4.19. The van der Waals surface area contributed by atoms with Gasteiger partial charge in [0.05, 0.1) is 18.7 Å². The average molecular weight is 478 g/mol. The summed E-state index contributed by atoms with van der Waals surface area (Å²) in [6.07, 6.45) is 3.47. The molecule has 0 spiro atoms. The van der Waals surface area contributed by atoms with Gasteiger partial charge >= 0.3 is 0 Å². The van der Waals surface area contributed by atoms with E-state index < -0.39 is 0 Å². The van der Waals surface area contributed by atoms with Crippen LogP contribution >= 0.6 is 11.6 Å². The average Bonchev–Trinajstić information content (AvgIpc) is 3.28. The van der Waals surface area contributed by atoms with E-state index in [1.807, 2.05) is 65.7 Å². The first-order valence-electron chi connectivity index (χ1n) is 11.3. The largest absolute Gasteiger partial charge is 0.352 e. The minimum Gasteiger partial charge on any atom is -0.352 e. The Morgan fingerprint density at radius 2 is 1.74 bits per heavy atom. The third-order valence-electron chi connectivity index (χ3n) is 5.80. The zero-order valence-corrected chi connectivity index (χ0v) is 19.7. The fraction of sp³-hybridized carbons (Fsp3) is 0.269. The molecule has 3 aromatic rings. The predicted molar refractivity (Wildman–Crippen MR) is 134 cm³/mol. The van der Waals surface area contributed by atoms with Crippen LogP contribution in [0.4, 0.5) is 0 Å². The lowest BCUT2D eigenvalue weighted by molar-refractivity contribution is -0.122. The van der Waals surface area contributed by atoms with Gasteiger partial charge in [-0.25, -0.2) is 0 Å². The standard InChI is InChI=1S/C26H28ClN5O2/c1-2-12-28-24(33)19-30-13-15-31(16-14-30)26(34)22-18-32(17-21-10-6-7-11-23(21)27)29-25(22)20-8-4-3-5-9-20/h2-11,18H,1,12-17,19H2,(H,28,33). The Kier molecular flexibility index (Phi) is 7.77. The van der Waals surface area contributed by atoms with Crippen molar-refractivity contribution >= 4 is 23.4 Å². The number of hydrogen-bond donors (Lipinski definition) is 1. The topological polar surface area (TPSA) is 70.5 Å². The number of carbonyl (C=O) groups is 2. The van der Waals surface area contributed by atoms with Gasteiger partial charge in [0, 0.05) is 49.5 Å². The van der Waals surface area contributed by atoms with Gasteiger partial charge in [-0.3, -0.25) is 19.2 Å². The van der Waals surface area contributed by atoms with Crippen LogP contribution in [-0.4, -0.2) is 70.7 Å². The molecule has 1 aliphatic heterocycles. The summed E-state index contributed by atoms with van der Waals surface area (Å²) in [4.78, 5) is 29.4. The molecule has 1 aliphatic rings. The Hall–Kier alpha value is -3.42. The Morgan fingerprint density at radius 3 is 2.44 bits per heavy atom. The van der Waals surface area contributed by atoms with Crippen molar-refractivity contribution in [1.29, 1.82) is 0 Å². The van der Waals surface area contributed by atoms with Gasteiger partial charge in [-0.05, 0) is 11.6 Å². The molecule has 0 atom stereocenters. The molecule has 2 heterocycles. The van der Waals surface area contributed by atoms with Crippen LogP contribution in [0.5, 0.6) is 0 Å². The summed E-state index contributed by atoms with van der Waals surface area (Å²) >= 11 is 6.35. The number of benzene rings is 2. The second kappa shape index (κ2) is 11.1. The van der Waals surface area contributed by atoms with Gasteiger partial charge in [0.25, 0.3) is 5.91 Å². The second-order valence-corrected chi connectivity index (χ2v) is 8.61. The highest BCUT2D eigenvalue weighted by Crippen LogP contribution is 2.25. The van der Waals surface area contributed by atoms with E-state index in [4.69, 9.17) is 16.7 Å². The van der Waals surface area contributed by atoms with Crippen molar-refractivity contribution in [2.24, 2.45) is 0 Å². The van der Waals surface area contributed by atoms with Gasteiger partial charge in [-0.2, -0.15) is 5.10 Å². The van der Waals surface area contributed by atoms with E-state index in [1.54, 1.807) is 10.8 Å². The lowest BCUT2D eigenvalue weighted by atomic mass is 10.1. The van der Waals surface area contributed by atoms with Crippen LogP contribution in [0.2, 0.25) is 5.02 Å². The number of carbonyl (C=O) groups excluding carboxylic acids is 2. The van der Waals surface area contributed by atoms with Gasteiger partial charge in [0.15, 0.2) is 0 Å². The Bertz CT molecular complexity index is 1150. The number of amides is 2. The zero-order chi connectivity index (χ0) is 23.9. The van der Waals surface area contributed by atoms with E-state index in [9.17, 15) is 9.59 Å². The molecule has 176 valence electrons. The lowest BCUT2D eigenvalue weighted by Crippen LogP contribution is -2.51. The van der Waals surface area contributed by atoms with E-state index in [2.05, 4.69) is 16.8 Å². The smallest absolute Gasteiger partial charge is 0.257 e. The number of rotatable bonds is 8. The number of nitrogens with one attached hydrogen (secondary N) is 1.